The van der Waals surface area contributed by atoms with E-state index in [2.05, 4.69) is 17.5 Å². The molecule has 2 aromatic rings. The summed E-state index contributed by atoms with van der Waals surface area (Å²) >= 11 is 0. The molecule has 168 valence electrons. The Labute approximate surface area is 186 Å². The summed E-state index contributed by atoms with van der Waals surface area (Å²) in [6.07, 6.45) is 11.9. The second-order valence-corrected chi connectivity index (χ2v) is 7.70. The lowest BCUT2D eigenvalue weighted by Crippen LogP contribution is -2.16. The van der Waals surface area contributed by atoms with Crippen LogP contribution in [0.3, 0.4) is 0 Å². The van der Waals surface area contributed by atoms with Crippen LogP contribution in [0.5, 0.6) is 11.5 Å². The van der Waals surface area contributed by atoms with Gasteiger partial charge in [0.25, 0.3) is 0 Å². The topological polar surface area (TPSA) is 59.9 Å². The Morgan fingerprint density at radius 3 is 2.35 bits per heavy atom. The zero-order valence-corrected chi connectivity index (χ0v) is 18.9. The smallest absolute Gasteiger partial charge is 0.240 e. The van der Waals surface area contributed by atoms with E-state index in [0.717, 1.165) is 24.0 Å². The molecule has 31 heavy (non-hydrogen) atoms. The predicted octanol–water partition coefficient (Wildman–Crippen LogP) is 6.26. The summed E-state index contributed by atoms with van der Waals surface area (Å²) in [5, 5.41) is 4.07. The first kappa shape index (κ1) is 24.4. The number of ether oxygens (including phenoxy) is 2. The molecule has 0 unspecified atom stereocenters. The summed E-state index contributed by atoms with van der Waals surface area (Å²) in [6.45, 7) is 2.70. The number of rotatable bonds is 15. The molecule has 0 radical (unpaired) electrons. The highest BCUT2D eigenvalue weighted by Gasteiger charge is 2.06. The van der Waals surface area contributed by atoms with Gasteiger partial charge in [-0.2, -0.15) is 5.10 Å². The molecule has 5 nitrogen and oxygen atoms in total. The monoisotopic (exact) mass is 424 g/mol. The SMILES string of the molecule is CCCCCCCCCCC(=O)N/N=C/c1ccc(OCc2ccccc2)c(OC)c1. The number of hydrogen-bond acceptors (Lipinski definition) is 4. The number of hydrogen-bond donors (Lipinski definition) is 1. The third-order valence-corrected chi connectivity index (χ3v) is 5.09. The summed E-state index contributed by atoms with van der Waals surface area (Å²) in [7, 11) is 1.61. The second-order valence-electron chi connectivity index (χ2n) is 7.70. The van der Waals surface area contributed by atoms with Crippen molar-refractivity contribution in [1.82, 2.24) is 5.43 Å². The van der Waals surface area contributed by atoms with Crippen LogP contribution in [0.15, 0.2) is 53.6 Å². The highest BCUT2D eigenvalue weighted by molar-refractivity contribution is 5.83. The molecule has 0 aliphatic rings. The van der Waals surface area contributed by atoms with Crippen LogP contribution >= 0.6 is 0 Å². The van der Waals surface area contributed by atoms with E-state index in [9.17, 15) is 4.79 Å². The maximum atomic E-state index is 11.9. The number of hydrazone groups is 1. The number of benzene rings is 2. The van der Waals surface area contributed by atoms with Crippen molar-refractivity contribution in [3.8, 4) is 11.5 Å². The molecule has 0 heterocycles. The molecule has 1 N–H and O–H groups in total. The molecule has 0 atom stereocenters. The van der Waals surface area contributed by atoms with Crippen molar-refractivity contribution in [3.63, 3.8) is 0 Å². The number of amides is 1. The average molecular weight is 425 g/mol. The predicted molar refractivity (Wildman–Crippen MR) is 127 cm³/mol. The van der Waals surface area contributed by atoms with Gasteiger partial charge in [-0.15, -0.1) is 0 Å². The Morgan fingerprint density at radius 1 is 0.935 bits per heavy atom. The molecule has 0 aromatic heterocycles. The van der Waals surface area contributed by atoms with Gasteiger partial charge in [0, 0.05) is 6.42 Å². The van der Waals surface area contributed by atoms with Gasteiger partial charge in [-0.3, -0.25) is 4.79 Å². The first-order valence-electron chi connectivity index (χ1n) is 11.4. The van der Waals surface area contributed by atoms with Crippen molar-refractivity contribution >= 4 is 12.1 Å². The summed E-state index contributed by atoms with van der Waals surface area (Å²) in [5.41, 5.74) is 4.53. The third kappa shape index (κ3) is 10.2. The van der Waals surface area contributed by atoms with E-state index in [1.807, 2.05) is 48.5 Å². The fourth-order valence-electron chi connectivity index (χ4n) is 3.27. The van der Waals surface area contributed by atoms with Gasteiger partial charge in [0.2, 0.25) is 5.91 Å². The van der Waals surface area contributed by atoms with Gasteiger partial charge in [0.1, 0.15) is 6.61 Å². The van der Waals surface area contributed by atoms with Gasteiger partial charge >= 0.3 is 0 Å². The first-order chi connectivity index (χ1) is 15.2. The number of carbonyl (C=O) groups is 1. The molecule has 0 aliphatic carbocycles. The minimum Gasteiger partial charge on any atom is -0.493 e. The standard InChI is InChI=1S/C26H36N2O3/c1-3-4-5-6-7-8-9-13-16-26(29)28-27-20-23-17-18-24(25(19-23)30-2)31-21-22-14-11-10-12-15-22/h10-12,14-15,17-20H,3-9,13,16,21H2,1-2H3,(H,28,29)/b27-20+. The van der Waals surface area contributed by atoms with Crippen LogP contribution in [0, 0.1) is 0 Å². The van der Waals surface area contributed by atoms with Gasteiger partial charge in [0.15, 0.2) is 11.5 Å². The molecule has 1 amide bonds. The Morgan fingerprint density at radius 2 is 1.65 bits per heavy atom. The fraction of sp³-hybridized carbons (Fsp3) is 0.462. The van der Waals surface area contributed by atoms with Crippen molar-refractivity contribution < 1.29 is 14.3 Å². The van der Waals surface area contributed by atoms with Crippen molar-refractivity contribution in [1.29, 1.82) is 0 Å². The fourth-order valence-corrected chi connectivity index (χ4v) is 3.27. The molecule has 0 bridgehead atoms. The lowest BCUT2D eigenvalue weighted by Gasteiger charge is -2.11. The molecule has 0 aliphatic heterocycles. The second kappa shape index (κ2) is 15.1. The Hall–Kier alpha value is -2.82. The lowest BCUT2D eigenvalue weighted by molar-refractivity contribution is -0.121. The van der Waals surface area contributed by atoms with Crippen molar-refractivity contribution in [2.75, 3.05) is 7.11 Å². The average Bonchev–Trinajstić information content (AvgIpc) is 2.80. The van der Waals surface area contributed by atoms with Gasteiger partial charge in [0.05, 0.1) is 13.3 Å². The molecule has 0 spiro atoms. The highest BCUT2D eigenvalue weighted by atomic mass is 16.5. The Kier molecular flexibility index (Phi) is 11.9. The Balaban J connectivity index is 1.70. The van der Waals surface area contributed by atoms with Gasteiger partial charge < -0.3 is 9.47 Å². The van der Waals surface area contributed by atoms with Crippen LogP contribution in [0.25, 0.3) is 0 Å². The number of nitrogens with one attached hydrogen (secondary N) is 1. The quantitative estimate of drug-likeness (QED) is 0.209. The molecular formula is C26H36N2O3. The minimum atomic E-state index is -0.0444. The molecule has 0 fully saturated rings. The van der Waals surface area contributed by atoms with E-state index >= 15 is 0 Å². The largest absolute Gasteiger partial charge is 0.493 e. The molecule has 0 saturated carbocycles. The van der Waals surface area contributed by atoms with E-state index in [4.69, 9.17) is 9.47 Å². The van der Waals surface area contributed by atoms with Gasteiger partial charge in [-0.05, 0) is 35.7 Å². The lowest BCUT2D eigenvalue weighted by atomic mass is 10.1. The summed E-state index contributed by atoms with van der Waals surface area (Å²) in [6, 6.07) is 15.6. The molecule has 2 aromatic carbocycles. The van der Waals surface area contributed by atoms with E-state index in [1.54, 1.807) is 13.3 Å². The Bertz CT molecular complexity index is 790. The van der Waals surface area contributed by atoms with Crippen LogP contribution in [0.4, 0.5) is 0 Å². The van der Waals surface area contributed by atoms with Gasteiger partial charge in [-0.1, -0.05) is 82.2 Å². The highest BCUT2D eigenvalue weighted by Crippen LogP contribution is 2.28. The van der Waals surface area contributed by atoms with Crippen molar-refractivity contribution in [3.05, 3.63) is 59.7 Å². The molecule has 2 rings (SSSR count). The zero-order valence-electron chi connectivity index (χ0n) is 18.9. The van der Waals surface area contributed by atoms with Crippen molar-refractivity contribution in [2.45, 2.75) is 71.3 Å². The van der Waals surface area contributed by atoms with Crippen LogP contribution in [-0.2, 0) is 11.4 Å². The van der Waals surface area contributed by atoms with E-state index in [0.29, 0.717) is 24.5 Å². The first-order valence-corrected chi connectivity index (χ1v) is 11.4. The van der Waals surface area contributed by atoms with Crippen LogP contribution in [0.2, 0.25) is 0 Å². The zero-order chi connectivity index (χ0) is 22.2. The normalized spacial score (nSPS) is 10.9. The van der Waals surface area contributed by atoms with Gasteiger partial charge in [-0.25, -0.2) is 5.43 Å². The summed E-state index contributed by atoms with van der Waals surface area (Å²) < 4.78 is 11.3. The molecule has 5 heteroatoms. The molecule has 0 saturated heterocycles. The maximum absolute atomic E-state index is 11.9. The molecular weight excluding hydrogens is 388 g/mol. The summed E-state index contributed by atoms with van der Waals surface area (Å²) in [5.74, 6) is 1.25. The summed E-state index contributed by atoms with van der Waals surface area (Å²) in [4.78, 5) is 11.9. The van der Waals surface area contributed by atoms with Crippen LogP contribution in [-0.4, -0.2) is 19.2 Å². The van der Waals surface area contributed by atoms with Crippen LogP contribution in [0.1, 0.15) is 75.8 Å². The van der Waals surface area contributed by atoms with E-state index in [-0.39, 0.29) is 5.91 Å². The number of carbonyl (C=O) groups excluding carboxylic acids is 1. The number of nitrogens with zero attached hydrogens (tertiary/aromatic N) is 1. The maximum Gasteiger partial charge on any atom is 0.240 e. The number of methoxy groups -OCH3 is 1. The minimum absolute atomic E-state index is 0.0444. The van der Waals surface area contributed by atoms with Crippen molar-refractivity contribution in [2.24, 2.45) is 5.10 Å². The van der Waals surface area contributed by atoms with E-state index < -0.39 is 0 Å². The number of unbranched alkanes of at least 4 members (excludes halogenated alkanes) is 7. The van der Waals surface area contributed by atoms with Crippen LogP contribution < -0.4 is 14.9 Å². The van der Waals surface area contributed by atoms with E-state index in [1.165, 1.54) is 38.5 Å². The third-order valence-electron chi connectivity index (χ3n) is 5.09.